The number of sulfonamides is 1. The number of hydrogen-bond acceptors (Lipinski definition) is 4. The summed E-state index contributed by atoms with van der Waals surface area (Å²) in [6.45, 7) is 5.71. The summed E-state index contributed by atoms with van der Waals surface area (Å²) in [4.78, 5) is 6.78. The van der Waals surface area contributed by atoms with E-state index in [9.17, 15) is 8.42 Å². The molecule has 1 atom stereocenters. The predicted octanol–water partition coefficient (Wildman–Crippen LogP) is 2.11. The fourth-order valence-electron chi connectivity index (χ4n) is 2.79. The Labute approximate surface area is 173 Å². The first kappa shape index (κ1) is 23.0. The van der Waals surface area contributed by atoms with E-state index in [4.69, 9.17) is 4.74 Å². The second-order valence-corrected chi connectivity index (χ2v) is 8.06. The third-order valence-corrected chi connectivity index (χ3v) is 4.56. The van der Waals surface area contributed by atoms with Crippen molar-refractivity contribution in [2.75, 3.05) is 44.3 Å². The zero-order valence-corrected chi connectivity index (χ0v) is 18.7. The summed E-state index contributed by atoms with van der Waals surface area (Å²) in [6, 6.07) is 7.31. The van der Waals surface area contributed by atoms with Crippen molar-refractivity contribution >= 4 is 45.6 Å². The van der Waals surface area contributed by atoms with Gasteiger partial charge in [0.15, 0.2) is 5.96 Å². The Hall–Kier alpha value is -1.07. The van der Waals surface area contributed by atoms with Crippen molar-refractivity contribution in [3.8, 4) is 0 Å². The van der Waals surface area contributed by atoms with Gasteiger partial charge in [-0.2, -0.15) is 0 Å². The standard InChI is InChI=1S/C17H28N4O3S.HI/c1-4-18-17(21(2)12-14-9-10-24-13-14)19-11-15-7-5-6-8-16(15)20-25(3,22)23;/h5-8,14,20H,4,9-13H2,1-3H3,(H,18,19);1H. The Morgan fingerprint density at radius 1 is 1.38 bits per heavy atom. The molecule has 0 saturated carbocycles. The number of nitrogens with zero attached hydrogens (tertiary/aromatic N) is 2. The van der Waals surface area contributed by atoms with Gasteiger partial charge in [0, 0.05) is 32.7 Å². The van der Waals surface area contributed by atoms with E-state index in [0.29, 0.717) is 18.2 Å². The Balaban J connectivity index is 0.00000338. The van der Waals surface area contributed by atoms with Crippen molar-refractivity contribution in [1.82, 2.24) is 10.2 Å². The molecule has 1 aliphatic rings. The van der Waals surface area contributed by atoms with Crippen molar-refractivity contribution in [2.24, 2.45) is 10.9 Å². The summed E-state index contributed by atoms with van der Waals surface area (Å²) in [5, 5.41) is 3.29. The van der Waals surface area contributed by atoms with Gasteiger partial charge in [-0.05, 0) is 25.0 Å². The molecule has 9 heteroatoms. The maximum absolute atomic E-state index is 11.5. The molecule has 0 aliphatic carbocycles. The molecule has 148 valence electrons. The SMILES string of the molecule is CCNC(=NCc1ccccc1NS(C)(=O)=O)N(C)CC1CCOC1.I. The Morgan fingerprint density at radius 2 is 2.12 bits per heavy atom. The maximum Gasteiger partial charge on any atom is 0.229 e. The second kappa shape index (κ2) is 10.9. The molecule has 0 radical (unpaired) electrons. The first-order valence-corrected chi connectivity index (χ1v) is 10.4. The molecule has 2 N–H and O–H groups in total. The quantitative estimate of drug-likeness (QED) is 0.343. The van der Waals surface area contributed by atoms with Gasteiger partial charge >= 0.3 is 0 Å². The zero-order chi connectivity index (χ0) is 18.3. The van der Waals surface area contributed by atoms with Crippen molar-refractivity contribution in [3.05, 3.63) is 29.8 Å². The highest BCUT2D eigenvalue weighted by atomic mass is 127. The molecule has 2 rings (SSSR count). The molecule has 1 aromatic carbocycles. The monoisotopic (exact) mass is 496 g/mol. The number of nitrogens with one attached hydrogen (secondary N) is 2. The molecule has 1 aromatic rings. The molecule has 1 aliphatic heterocycles. The normalized spacial score (nSPS) is 17.5. The van der Waals surface area contributed by atoms with Gasteiger partial charge in [-0.15, -0.1) is 24.0 Å². The van der Waals surface area contributed by atoms with E-state index in [1.54, 1.807) is 12.1 Å². The predicted molar refractivity (Wildman–Crippen MR) is 117 cm³/mol. The van der Waals surface area contributed by atoms with Gasteiger partial charge in [-0.25, -0.2) is 13.4 Å². The van der Waals surface area contributed by atoms with E-state index in [1.807, 2.05) is 26.1 Å². The first-order valence-electron chi connectivity index (χ1n) is 8.52. The number of aliphatic imine (C=N–C) groups is 1. The van der Waals surface area contributed by atoms with E-state index in [2.05, 4.69) is 19.9 Å². The number of ether oxygens (including phenoxy) is 1. The van der Waals surface area contributed by atoms with Crippen LogP contribution in [-0.4, -0.2) is 58.9 Å². The maximum atomic E-state index is 11.5. The minimum absolute atomic E-state index is 0. The van der Waals surface area contributed by atoms with Crippen LogP contribution in [0, 0.1) is 5.92 Å². The van der Waals surface area contributed by atoms with Crippen molar-refractivity contribution < 1.29 is 13.2 Å². The fraction of sp³-hybridized carbons (Fsp3) is 0.588. The molecule has 1 heterocycles. The first-order chi connectivity index (χ1) is 11.9. The molecule has 26 heavy (non-hydrogen) atoms. The van der Waals surface area contributed by atoms with E-state index < -0.39 is 10.0 Å². The van der Waals surface area contributed by atoms with Crippen LogP contribution >= 0.6 is 24.0 Å². The lowest BCUT2D eigenvalue weighted by atomic mass is 10.1. The van der Waals surface area contributed by atoms with Gasteiger partial charge in [0.1, 0.15) is 0 Å². The highest BCUT2D eigenvalue weighted by molar-refractivity contribution is 14.0. The molecule has 0 aromatic heterocycles. The zero-order valence-electron chi connectivity index (χ0n) is 15.6. The highest BCUT2D eigenvalue weighted by Crippen LogP contribution is 2.18. The van der Waals surface area contributed by atoms with E-state index in [0.717, 1.165) is 50.5 Å². The van der Waals surface area contributed by atoms with Crippen LogP contribution in [0.2, 0.25) is 0 Å². The van der Waals surface area contributed by atoms with E-state index in [-0.39, 0.29) is 24.0 Å². The summed E-state index contributed by atoms with van der Waals surface area (Å²) in [7, 11) is -1.30. The Morgan fingerprint density at radius 3 is 2.73 bits per heavy atom. The molecule has 0 amide bonds. The van der Waals surface area contributed by atoms with Crippen LogP contribution in [0.25, 0.3) is 0 Å². The molecule has 0 bridgehead atoms. The second-order valence-electron chi connectivity index (χ2n) is 6.31. The van der Waals surface area contributed by atoms with E-state index >= 15 is 0 Å². The van der Waals surface area contributed by atoms with Crippen LogP contribution in [0.3, 0.4) is 0 Å². The molecule has 1 unspecified atom stereocenters. The number of benzene rings is 1. The summed E-state index contributed by atoms with van der Waals surface area (Å²) in [6.07, 6.45) is 2.22. The summed E-state index contributed by atoms with van der Waals surface area (Å²) in [5.74, 6) is 1.33. The Bertz CT molecular complexity index is 691. The lowest BCUT2D eigenvalue weighted by Crippen LogP contribution is -2.41. The summed E-state index contributed by atoms with van der Waals surface area (Å²) < 4.78 is 31.0. The number of halogens is 1. The molecule has 1 saturated heterocycles. The van der Waals surface area contributed by atoms with Crippen LogP contribution in [0.15, 0.2) is 29.3 Å². The fourth-order valence-corrected chi connectivity index (χ4v) is 3.39. The van der Waals surface area contributed by atoms with E-state index in [1.165, 1.54) is 0 Å². The molecular weight excluding hydrogens is 467 g/mol. The van der Waals surface area contributed by atoms with Gasteiger partial charge in [0.2, 0.25) is 10.0 Å². The third kappa shape index (κ3) is 7.67. The van der Waals surface area contributed by atoms with Gasteiger partial charge in [0.05, 0.1) is 25.1 Å². The molecule has 7 nitrogen and oxygen atoms in total. The molecular formula is C17H29IN4O3S. The average Bonchev–Trinajstić information content (AvgIpc) is 3.04. The minimum Gasteiger partial charge on any atom is -0.381 e. The number of anilines is 1. The van der Waals surface area contributed by atoms with Crippen molar-refractivity contribution in [3.63, 3.8) is 0 Å². The van der Waals surface area contributed by atoms with Crippen LogP contribution < -0.4 is 10.0 Å². The number of rotatable bonds is 7. The van der Waals surface area contributed by atoms with Crippen LogP contribution in [0.5, 0.6) is 0 Å². The van der Waals surface area contributed by atoms with Crippen LogP contribution in [0.1, 0.15) is 18.9 Å². The highest BCUT2D eigenvalue weighted by Gasteiger charge is 2.19. The van der Waals surface area contributed by atoms with Gasteiger partial charge in [0.25, 0.3) is 0 Å². The Kier molecular flexibility index (Phi) is 9.66. The minimum atomic E-state index is -3.32. The van der Waals surface area contributed by atoms with Gasteiger partial charge in [-0.1, -0.05) is 18.2 Å². The topological polar surface area (TPSA) is 83.0 Å². The van der Waals surface area contributed by atoms with Gasteiger partial charge < -0.3 is 15.0 Å². The largest absolute Gasteiger partial charge is 0.381 e. The summed E-state index contributed by atoms with van der Waals surface area (Å²) >= 11 is 0. The number of guanidine groups is 1. The number of hydrogen-bond donors (Lipinski definition) is 2. The van der Waals surface area contributed by atoms with Crippen molar-refractivity contribution in [1.29, 1.82) is 0 Å². The third-order valence-electron chi connectivity index (χ3n) is 3.96. The molecule has 1 fully saturated rings. The molecule has 0 spiro atoms. The summed E-state index contributed by atoms with van der Waals surface area (Å²) in [5.41, 5.74) is 1.40. The van der Waals surface area contributed by atoms with Crippen LogP contribution in [-0.2, 0) is 21.3 Å². The smallest absolute Gasteiger partial charge is 0.229 e. The number of para-hydroxylation sites is 1. The lowest BCUT2D eigenvalue weighted by molar-refractivity contribution is 0.181. The van der Waals surface area contributed by atoms with Crippen molar-refractivity contribution in [2.45, 2.75) is 19.9 Å². The van der Waals surface area contributed by atoms with Gasteiger partial charge in [-0.3, -0.25) is 4.72 Å². The lowest BCUT2D eigenvalue weighted by Gasteiger charge is -2.24. The van der Waals surface area contributed by atoms with Crippen LogP contribution in [0.4, 0.5) is 5.69 Å². The average molecular weight is 496 g/mol.